The van der Waals surface area contributed by atoms with Crippen LogP contribution in [0.1, 0.15) is 17.2 Å². The first-order chi connectivity index (χ1) is 5.79. The molecule has 2 rings (SSSR count). The summed E-state index contributed by atoms with van der Waals surface area (Å²) in [5.41, 5.74) is 1.69. The molecule has 0 spiro atoms. The second-order valence-electron chi connectivity index (χ2n) is 2.83. The van der Waals surface area contributed by atoms with E-state index in [4.69, 9.17) is 5.11 Å². The van der Waals surface area contributed by atoms with Gasteiger partial charge in [-0.15, -0.1) is 24.8 Å². The zero-order valence-corrected chi connectivity index (χ0v) is 8.82. The molecule has 14 heavy (non-hydrogen) atoms. The summed E-state index contributed by atoms with van der Waals surface area (Å²) in [6.07, 6.45) is 1.59. The summed E-state index contributed by atoms with van der Waals surface area (Å²) in [4.78, 5) is 10.7. The van der Waals surface area contributed by atoms with Crippen molar-refractivity contribution in [3.05, 3.63) is 17.5 Å². The summed E-state index contributed by atoms with van der Waals surface area (Å²) in [5, 5.41) is 18.4. The zero-order chi connectivity index (χ0) is 8.55. The number of nitrogens with one attached hydrogen (secondary N) is 2. The minimum Gasteiger partial charge on any atom is -0.481 e. The van der Waals surface area contributed by atoms with Gasteiger partial charge in [-0.05, 0) is 0 Å². The monoisotopic (exact) mass is 239 g/mol. The molecule has 5 nitrogen and oxygen atoms in total. The maximum absolute atomic E-state index is 10.7. The number of aromatic nitrogens is 2. The number of aromatic amines is 1. The number of aliphatic carboxylic acids is 1. The van der Waals surface area contributed by atoms with Crippen molar-refractivity contribution in [2.45, 2.75) is 12.5 Å². The topological polar surface area (TPSA) is 78.0 Å². The molecular weight excluding hydrogens is 229 g/mol. The average Bonchev–Trinajstić information content (AvgIpc) is 2.49. The van der Waals surface area contributed by atoms with E-state index in [1.807, 2.05) is 0 Å². The maximum Gasteiger partial charge on any atom is 0.312 e. The Kier molecular flexibility index (Phi) is 4.90. The predicted octanol–water partition coefficient (Wildman–Crippen LogP) is 0.525. The van der Waals surface area contributed by atoms with Gasteiger partial charge in [-0.2, -0.15) is 5.10 Å². The van der Waals surface area contributed by atoms with Crippen LogP contribution in [-0.2, 0) is 11.3 Å². The Morgan fingerprint density at radius 1 is 1.57 bits per heavy atom. The largest absolute Gasteiger partial charge is 0.481 e. The molecule has 1 aromatic rings. The number of carboxylic acid groups (broad SMARTS) is 1. The summed E-state index contributed by atoms with van der Waals surface area (Å²) in [6, 6.07) is 0. The minimum atomic E-state index is -0.801. The molecule has 1 aliphatic heterocycles. The number of hydrogen-bond acceptors (Lipinski definition) is 3. The van der Waals surface area contributed by atoms with E-state index >= 15 is 0 Å². The normalized spacial score (nSPS) is 18.7. The summed E-state index contributed by atoms with van der Waals surface area (Å²) in [7, 11) is 0. The van der Waals surface area contributed by atoms with Gasteiger partial charge in [-0.25, -0.2) is 0 Å². The van der Waals surface area contributed by atoms with Crippen LogP contribution in [0.5, 0.6) is 0 Å². The highest BCUT2D eigenvalue weighted by molar-refractivity contribution is 5.85. The van der Waals surface area contributed by atoms with E-state index in [0.29, 0.717) is 13.1 Å². The number of hydrogen-bond donors (Lipinski definition) is 3. The molecule has 1 atom stereocenters. The SMILES string of the molecule is Cl.Cl.O=C(O)C1CNCc2[nH]ncc21. The molecule has 0 amide bonds. The van der Waals surface area contributed by atoms with E-state index in [9.17, 15) is 4.79 Å². The molecule has 7 heteroatoms. The highest BCUT2D eigenvalue weighted by Gasteiger charge is 2.26. The third-order valence-electron chi connectivity index (χ3n) is 2.08. The van der Waals surface area contributed by atoms with Gasteiger partial charge in [0.05, 0.1) is 17.8 Å². The van der Waals surface area contributed by atoms with Crippen molar-refractivity contribution < 1.29 is 9.90 Å². The lowest BCUT2D eigenvalue weighted by molar-refractivity contribution is -0.138. The highest BCUT2D eigenvalue weighted by atomic mass is 35.5. The summed E-state index contributed by atoms with van der Waals surface area (Å²) >= 11 is 0. The van der Waals surface area contributed by atoms with E-state index in [0.717, 1.165) is 11.3 Å². The van der Waals surface area contributed by atoms with Gasteiger partial charge in [0.15, 0.2) is 0 Å². The first-order valence-corrected chi connectivity index (χ1v) is 3.74. The van der Waals surface area contributed by atoms with Crippen molar-refractivity contribution in [1.29, 1.82) is 0 Å². The fraction of sp³-hybridized carbons (Fsp3) is 0.429. The van der Waals surface area contributed by atoms with E-state index in [1.54, 1.807) is 6.20 Å². The average molecular weight is 240 g/mol. The van der Waals surface area contributed by atoms with Crippen molar-refractivity contribution in [2.75, 3.05) is 6.54 Å². The van der Waals surface area contributed by atoms with Crippen LogP contribution >= 0.6 is 24.8 Å². The van der Waals surface area contributed by atoms with E-state index < -0.39 is 11.9 Å². The van der Waals surface area contributed by atoms with Crippen molar-refractivity contribution in [3.63, 3.8) is 0 Å². The predicted molar refractivity (Wildman–Crippen MR) is 55.2 cm³/mol. The van der Waals surface area contributed by atoms with Gasteiger partial charge in [0.1, 0.15) is 0 Å². The summed E-state index contributed by atoms with van der Waals surface area (Å²) in [5.74, 6) is -1.25. The molecule has 1 aromatic heterocycles. The van der Waals surface area contributed by atoms with E-state index in [-0.39, 0.29) is 24.8 Å². The highest BCUT2D eigenvalue weighted by Crippen LogP contribution is 2.21. The molecule has 3 N–H and O–H groups in total. The number of rotatable bonds is 1. The summed E-state index contributed by atoms with van der Waals surface area (Å²) in [6.45, 7) is 1.17. The Balaban J connectivity index is 0.000000845. The second-order valence-corrected chi connectivity index (χ2v) is 2.83. The Morgan fingerprint density at radius 2 is 2.29 bits per heavy atom. The molecule has 1 aliphatic rings. The van der Waals surface area contributed by atoms with Crippen molar-refractivity contribution in [2.24, 2.45) is 0 Å². The molecule has 2 heterocycles. The number of H-pyrrole nitrogens is 1. The van der Waals surface area contributed by atoms with Crippen LogP contribution in [0.2, 0.25) is 0 Å². The van der Waals surface area contributed by atoms with Crippen LogP contribution < -0.4 is 5.32 Å². The minimum absolute atomic E-state index is 0. The molecule has 0 saturated heterocycles. The van der Waals surface area contributed by atoms with Gasteiger partial charge in [0.2, 0.25) is 0 Å². The van der Waals surface area contributed by atoms with Crippen LogP contribution in [0.25, 0.3) is 0 Å². The quantitative estimate of drug-likeness (QED) is 0.668. The standard InChI is InChI=1S/C7H9N3O2.2ClH/c11-7(12)5-1-8-3-6-4(5)2-9-10-6;;/h2,5,8H,1,3H2,(H,9,10)(H,11,12);2*1H. The van der Waals surface area contributed by atoms with Crippen LogP contribution in [-0.4, -0.2) is 27.8 Å². The first kappa shape index (κ1) is 13.2. The Morgan fingerprint density at radius 3 is 2.93 bits per heavy atom. The fourth-order valence-electron chi connectivity index (χ4n) is 1.44. The molecule has 0 radical (unpaired) electrons. The van der Waals surface area contributed by atoms with Gasteiger partial charge >= 0.3 is 5.97 Å². The Bertz CT molecular complexity index is 316. The zero-order valence-electron chi connectivity index (χ0n) is 7.19. The molecular formula is C7H11Cl2N3O2. The molecule has 0 aliphatic carbocycles. The smallest absolute Gasteiger partial charge is 0.312 e. The second kappa shape index (κ2) is 5.19. The van der Waals surface area contributed by atoms with E-state index in [1.165, 1.54) is 0 Å². The lowest BCUT2D eigenvalue weighted by atomic mass is 9.97. The van der Waals surface area contributed by atoms with Crippen LogP contribution in [0.15, 0.2) is 6.20 Å². The van der Waals surface area contributed by atoms with E-state index in [2.05, 4.69) is 15.5 Å². The number of carbonyl (C=O) groups is 1. The van der Waals surface area contributed by atoms with Gasteiger partial charge in [0, 0.05) is 18.7 Å². The van der Waals surface area contributed by atoms with Gasteiger partial charge in [-0.3, -0.25) is 9.89 Å². The molecule has 0 bridgehead atoms. The van der Waals surface area contributed by atoms with Crippen molar-refractivity contribution in [1.82, 2.24) is 15.5 Å². The third kappa shape index (κ3) is 2.17. The molecule has 0 fully saturated rings. The lowest BCUT2D eigenvalue weighted by Gasteiger charge is -2.18. The number of nitrogens with zero attached hydrogens (tertiary/aromatic N) is 1. The van der Waals surface area contributed by atoms with Gasteiger partial charge < -0.3 is 10.4 Å². The summed E-state index contributed by atoms with van der Waals surface area (Å²) < 4.78 is 0. The van der Waals surface area contributed by atoms with Crippen LogP contribution in [0, 0.1) is 0 Å². The number of carboxylic acids is 1. The molecule has 0 aromatic carbocycles. The molecule has 1 unspecified atom stereocenters. The van der Waals surface area contributed by atoms with Crippen LogP contribution in [0.4, 0.5) is 0 Å². The Hall–Kier alpha value is -0.780. The van der Waals surface area contributed by atoms with Gasteiger partial charge in [0.25, 0.3) is 0 Å². The van der Waals surface area contributed by atoms with Gasteiger partial charge in [-0.1, -0.05) is 0 Å². The van der Waals surface area contributed by atoms with Crippen molar-refractivity contribution in [3.8, 4) is 0 Å². The molecule has 0 saturated carbocycles. The maximum atomic E-state index is 10.7. The third-order valence-corrected chi connectivity index (χ3v) is 2.08. The first-order valence-electron chi connectivity index (χ1n) is 3.74. The Labute approximate surface area is 93.1 Å². The number of halogens is 2. The van der Waals surface area contributed by atoms with Crippen LogP contribution in [0.3, 0.4) is 0 Å². The lowest BCUT2D eigenvalue weighted by Crippen LogP contribution is -2.32. The van der Waals surface area contributed by atoms with Crippen molar-refractivity contribution >= 4 is 30.8 Å². The molecule has 80 valence electrons. The number of fused-ring (bicyclic) bond motifs is 1. The fourth-order valence-corrected chi connectivity index (χ4v) is 1.44.